The lowest BCUT2D eigenvalue weighted by Crippen LogP contribution is -2.31. The predicted octanol–water partition coefficient (Wildman–Crippen LogP) is 4.06. The molecule has 1 fully saturated rings. The first kappa shape index (κ1) is 14.0. The molecule has 1 aliphatic rings. The smallest absolute Gasteiger partial charge is 0.0708 e. The molecule has 1 unspecified atom stereocenters. The van der Waals surface area contributed by atoms with Gasteiger partial charge >= 0.3 is 0 Å². The Hall–Kier alpha value is -0.380. The minimum absolute atomic E-state index is 0.0609. The summed E-state index contributed by atoms with van der Waals surface area (Å²) in [4.78, 5) is 0. The van der Waals surface area contributed by atoms with Crippen LogP contribution in [0, 0.1) is 0 Å². The molecular formula is C15H22BrNO. The highest BCUT2D eigenvalue weighted by atomic mass is 79.9. The van der Waals surface area contributed by atoms with Crippen LogP contribution < -0.4 is 5.32 Å². The van der Waals surface area contributed by atoms with Crippen molar-refractivity contribution in [2.24, 2.45) is 0 Å². The molecule has 3 heteroatoms. The Morgan fingerprint density at radius 3 is 2.89 bits per heavy atom. The number of hydrogen-bond donors (Lipinski definition) is 1. The Labute approximate surface area is 118 Å². The van der Waals surface area contributed by atoms with Gasteiger partial charge in [0.05, 0.1) is 11.7 Å². The molecule has 2 rings (SSSR count). The van der Waals surface area contributed by atoms with Crippen LogP contribution in [0.2, 0.25) is 0 Å². The highest BCUT2D eigenvalue weighted by Gasteiger charge is 2.31. The van der Waals surface area contributed by atoms with Gasteiger partial charge in [0, 0.05) is 17.1 Å². The van der Waals surface area contributed by atoms with Crippen molar-refractivity contribution in [3.05, 3.63) is 34.3 Å². The molecule has 1 saturated heterocycles. The van der Waals surface area contributed by atoms with Gasteiger partial charge in [-0.3, -0.25) is 0 Å². The fourth-order valence-corrected chi connectivity index (χ4v) is 2.84. The largest absolute Gasteiger partial charge is 0.371 e. The third-order valence-corrected chi connectivity index (χ3v) is 4.05. The zero-order chi connectivity index (χ0) is 13.2. The van der Waals surface area contributed by atoms with Gasteiger partial charge in [-0.05, 0) is 51.3 Å². The van der Waals surface area contributed by atoms with Crippen molar-refractivity contribution in [3.63, 3.8) is 0 Å². The third kappa shape index (κ3) is 3.81. The first-order chi connectivity index (χ1) is 8.46. The van der Waals surface area contributed by atoms with E-state index in [2.05, 4.69) is 66.3 Å². The second-order valence-electron chi connectivity index (χ2n) is 5.72. The Bertz CT molecular complexity index is 405. The van der Waals surface area contributed by atoms with Gasteiger partial charge in [0.15, 0.2) is 0 Å². The maximum absolute atomic E-state index is 5.99. The maximum atomic E-state index is 5.99. The van der Waals surface area contributed by atoms with E-state index in [9.17, 15) is 0 Å². The van der Waals surface area contributed by atoms with E-state index in [0.29, 0.717) is 12.1 Å². The Kier molecular flexibility index (Phi) is 4.46. The first-order valence-electron chi connectivity index (χ1n) is 6.63. The minimum atomic E-state index is 0.0609. The SMILES string of the molecule is C[C@H](NCC1CCC(C)(C)O1)c1cccc(Br)c1. The van der Waals surface area contributed by atoms with Crippen LogP contribution in [0.25, 0.3) is 0 Å². The number of ether oxygens (including phenoxy) is 1. The van der Waals surface area contributed by atoms with Crippen LogP contribution in [0.4, 0.5) is 0 Å². The monoisotopic (exact) mass is 311 g/mol. The first-order valence-corrected chi connectivity index (χ1v) is 7.42. The van der Waals surface area contributed by atoms with Gasteiger partial charge in [-0.1, -0.05) is 28.1 Å². The standard InChI is InChI=1S/C15H22BrNO/c1-11(12-5-4-6-13(16)9-12)17-10-14-7-8-15(2,3)18-14/h4-6,9,11,14,17H,7-8,10H2,1-3H3/t11-,14?/m0/s1. The van der Waals surface area contributed by atoms with Crippen molar-refractivity contribution in [3.8, 4) is 0 Å². The highest BCUT2D eigenvalue weighted by Crippen LogP contribution is 2.29. The van der Waals surface area contributed by atoms with Gasteiger partial charge in [-0.25, -0.2) is 0 Å². The zero-order valence-corrected chi connectivity index (χ0v) is 13.0. The van der Waals surface area contributed by atoms with Crippen molar-refractivity contribution >= 4 is 15.9 Å². The van der Waals surface area contributed by atoms with E-state index >= 15 is 0 Å². The quantitative estimate of drug-likeness (QED) is 0.905. The Morgan fingerprint density at radius 1 is 1.50 bits per heavy atom. The molecule has 1 N–H and O–H groups in total. The second kappa shape index (κ2) is 5.72. The van der Waals surface area contributed by atoms with Crippen LogP contribution in [0.5, 0.6) is 0 Å². The Balaban J connectivity index is 1.84. The van der Waals surface area contributed by atoms with Crippen LogP contribution in [-0.4, -0.2) is 18.2 Å². The molecule has 2 nitrogen and oxygen atoms in total. The average Bonchev–Trinajstić information content (AvgIpc) is 2.66. The molecule has 0 bridgehead atoms. The molecule has 100 valence electrons. The predicted molar refractivity (Wildman–Crippen MR) is 78.7 cm³/mol. The molecule has 0 spiro atoms. The van der Waals surface area contributed by atoms with Gasteiger partial charge in [-0.2, -0.15) is 0 Å². The van der Waals surface area contributed by atoms with Crippen molar-refractivity contribution in [2.75, 3.05) is 6.54 Å². The summed E-state index contributed by atoms with van der Waals surface area (Å²) < 4.78 is 7.12. The van der Waals surface area contributed by atoms with Gasteiger partial charge in [0.1, 0.15) is 0 Å². The van der Waals surface area contributed by atoms with E-state index in [1.54, 1.807) is 0 Å². The van der Waals surface area contributed by atoms with Crippen molar-refractivity contribution in [2.45, 2.75) is 51.4 Å². The number of halogens is 1. The Morgan fingerprint density at radius 2 is 2.28 bits per heavy atom. The number of benzene rings is 1. The van der Waals surface area contributed by atoms with Gasteiger partial charge in [0.2, 0.25) is 0 Å². The summed E-state index contributed by atoms with van der Waals surface area (Å²) in [5.74, 6) is 0. The molecule has 0 radical (unpaired) electrons. The molecule has 0 aromatic heterocycles. The molecule has 2 atom stereocenters. The van der Waals surface area contributed by atoms with E-state index in [1.165, 1.54) is 5.56 Å². The second-order valence-corrected chi connectivity index (χ2v) is 6.64. The highest BCUT2D eigenvalue weighted by molar-refractivity contribution is 9.10. The van der Waals surface area contributed by atoms with Gasteiger partial charge in [-0.15, -0.1) is 0 Å². The molecule has 0 amide bonds. The van der Waals surface area contributed by atoms with Crippen LogP contribution in [0.3, 0.4) is 0 Å². The van der Waals surface area contributed by atoms with E-state index in [1.807, 2.05) is 0 Å². The summed E-state index contributed by atoms with van der Waals surface area (Å²) >= 11 is 3.51. The van der Waals surface area contributed by atoms with E-state index in [-0.39, 0.29) is 5.60 Å². The lowest BCUT2D eigenvalue weighted by Gasteiger charge is -2.21. The summed E-state index contributed by atoms with van der Waals surface area (Å²) in [7, 11) is 0. The van der Waals surface area contributed by atoms with Crippen molar-refractivity contribution < 1.29 is 4.74 Å². The van der Waals surface area contributed by atoms with Gasteiger partial charge in [0.25, 0.3) is 0 Å². The average molecular weight is 312 g/mol. The normalized spacial score (nSPS) is 24.1. The summed E-state index contributed by atoms with van der Waals surface area (Å²) in [5, 5.41) is 3.56. The number of rotatable bonds is 4. The molecule has 1 heterocycles. The molecule has 1 aliphatic heterocycles. The van der Waals surface area contributed by atoms with E-state index in [4.69, 9.17) is 4.74 Å². The fraction of sp³-hybridized carbons (Fsp3) is 0.600. The summed E-state index contributed by atoms with van der Waals surface area (Å²) in [6, 6.07) is 8.81. The van der Waals surface area contributed by atoms with Crippen molar-refractivity contribution in [1.82, 2.24) is 5.32 Å². The topological polar surface area (TPSA) is 21.3 Å². The lowest BCUT2D eigenvalue weighted by atomic mass is 10.1. The summed E-state index contributed by atoms with van der Waals surface area (Å²) in [6.45, 7) is 7.47. The van der Waals surface area contributed by atoms with Crippen LogP contribution in [-0.2, 0) is 4.74 Å². The zero-order valence-electron chi connectivity index (χ0n) is 11.4. The van der Waals surface area contributed by atoms with Crippen LogP contribution >= 0.6 is 15.9 Å². The van der Waals surface area contributed by atoms with Crippen LogP contribution in [0.15, 0.2) is 28.7 Å². The lowest BCUT2D eigenvalue weighted by molar-refractivity contribution is -0.0150. The summed E-state index contributed by atoms with van der Waals surface area (Å²) in [6.07, 6.45) is 2.67. The maximum Gasteiger partial charge on any atom is 0.0708 e. The van der Waals surface area contributed by atoms with Crippen molar-refractivity contribution in [1.29, 1.82) is 0 Å². The summed E-state index contributed by atoms with van der Waals surface area (Å²) in [5.41, 5.74) is 1.37. The number of hydrogen-bond acceptors (Lipinski definition) is 2. The molecular weight excluding hydrogens is 290 g/mol. The molecule has 18 heavy (non-hydrogen) atoms. The molecule has 0 aliphatic carbocycles. The molecule has 1 aromatic rings. The molecule has 1 aromatic carbocycles. The van der Waals surface area contributed by atoms with Gasteiger partial charge < -0.3 is 10.1 Å². The van der Waals surface area contributed by atoms with Crippen LogP contribution in [0.1, 0.15) is 45.2 Å². The van der Waals surface area contributed by atoms with E-state index < -0.39 is 0 Å². The third-order valence-electron chi connectivity index (χ3n) is 3.55. The number of nitrogens with one attached hydrogen (secondary N) is 1. The van der Waals surface area contributed by atoms with E-state index in [0.717, 1.165) is 23.9 Å². The fourth-order valence-electron chi connectivity index (χ4n) is 2.42. The minimum Gasteiger partial charge on any atom is -0.371 e. The molecule has 0 saturated carbocycles.